The van der Waals surface area contributed by atoms with Crippen LogP contribution < -0.4 is 10.6 Å². The number of hydrogen-bond acceptors (Lipinski definition) is 6. The molecule has 0 spiro atoms. The van der Waals surface area contributed by atoms with Gasteiger partial charge in [-0.1, -0.05) is 91.0 Å². The van der Waals surface area contributed by atoms with Gasteiger partial charge in [0.25, 0.3) is 0 Å². The highest BCUT2D eigenvalue weighted by Gasteiger charge is 2.32. The molecule has 0 bridgehead atoms. The number of rotatable bonds is 10. The highest BCUT2D eigenvalue weighted by Crippen LogP contribution is 2.44. The fourth-order valence-corrected chi connectivity index (χ4v) is 5.23. The molecule has 0 aromatic heterocycles. The van der Waals surface area contributed by atoms with Gasteiger partial charge in [0, 0.05) is 12.0 Å². The van der Waals surface area contributed by atoms with Gasteiger partial charge in [-0.25, -0.2) is 4.79 Å². The molecule has 3 aromatic carbocycles. The Kier molecular flexibility index (Phi) is 8.43. The van der Waals surface area contributed by atoms with Crippen LogP contribution in [0.1, 0.15) is 35.4 Å². The summed E-state index contributed by atoms with van der Waals surface area (Å²) in [6.07, 6.45) is 2.00. The van der Waals surface area contributed by atoms with Crippen molar-refractivity contribution in [1.29, 1.82) is 0 Å². The highest BCUT2D eigenvalue weighted by atomic mass is 16.5. The molecule has 0 radical (unpaired) electrons. The Labute approximate surface area is 237 Å². The van der Waals surface area contributed by atoms with Gasteiger partial charge in [0.1, 0.15) is 19.3 Å². The van der Waals surface area contributed by atoms with Crippen LogP contribution in [0.25, 0.3) is 11.1 Å². The van der Waals surface area contributed by atoms with Crippen molar-refractivity contribution in [2.45, 2.75) is 37.5 Å². The lowest BCUT2D eigenvalue weighted by atomic mass is 9.98. The molecule has 0 fully saturated rings. The zero-order valence-corrected chi connectivity index (χ0v) is 22.2. The van der Waals surface area contributed by atoms with Gasteiger partial charge in [0.2, 0.25) is 5.91 Å². The summed E-state index contributed by atoms with van der Waals surface area (Å²) in [5.74, 6) is -3.21. The number of fused-ring (bicyclic) bond motifs is 3. The SMILES string of the molecule is O=C(C[C@H](NC(=O)OCC1c2ccccc2-c2ccccc21)C(=O)NC1C=CC(C(=O)O)C1)OCc1ccccc1. The predicted molar refractivity (Wildman–Crippen MR) is 150 cm³/mol. The average molecular weight is 555 g/mol. The first-order valence-electron chi connectivity index (χ1n) is 13.4. The number of alkyl carbamates (subject to hydrolysis) is 1. The molecule has 3 atom stereocenters. The molecule has 9 nitrogen and oxygen atoms in total. The minimum absolute atomic E-state index is 0.0185. The molecular weight excluding hydrogens is 524 g/mol. The number of benzene rings is 3. The Morgan fingerprint density at radius 3 is 2.10 bits per heavy atom. The molecule has 9 heteroatoms. The van der Waals surface area contributed by atoms with E-state index in [0.29, 0.717) is 0 Å². The third-order valence-corrected chi connectivity index (χ3v) is 7.29. The molecule has 0 aliphatic heterocycles. The summed E-state index contributed by atoms with van der Waals surface area (Å²) in [5, 5.41) is 14.5. The molecule has 3 N–H and O–H groups in total. The van der Waals surface area contributed by atoms with Crippen molar-refractivity contribution in [3.05, 3.63) is 108 Å². The molecule has 0 saturated heterocycles. The summed E-state index contributed by atoms with van der Waals surface area (Å²) in [6, 6.07) is 23.1. The second-order valence-corrected chi connectivity index (χ2v) is 10.1. The minimum atomic E-state index is -1.29. The molecule has 41 heavy (non-hydrogen) atoms. The minimum Gasteiger partial charge on any atom is -0.481 e. The topological polar surface area (TPSA) is 131 Å². The monoisotopic (exact) mass is 554 g/mol. The molecule has 0 heterocycles. The number of carboxylic acids is 1. The van der Waals surface area contributed by atoms with Crippen molar-refractivity contribution < 1.29 is 33.8 Å². The number of amides is 2. The van der Waals surface area contributed by atoms with Crippen molar-refractivity contribution in [2.75, 3.05) is 6.61 Å². The number of carboxylic acid groups (broad SMARTS) is 1. The Morgan fingerprint density at radius 2 is 1.46 bits per heavy atom. The summed E-state index contributed by atoms with van der Waals surface area (Å²) in [5.41, 5.74) is 5.03. The van der Waals surface area contributed by atoms with Gasteiger partial charge in [-0.05, 0) is 34.2 Å². The summed E-state index contributed by atoms with van der Waals surface area (Å²) >= 11 is 0. The van der Waals surface area contributed by atoms with Crippen LogP contribution in [0.2, 0.25) is 0 Å². The van der Waals surface area contributed by atoms with Crippen LogP contribution in [0.15, 0.2) is 91.0 Å². The quantitative estimate of drug-likeness (QED) is 0.253. The first kappa shape index (κ1) is 27.6. The van der Waals surface area contributed by atoms with Crippen LogP contribution in [-0.2, 0) is 30.5 Å². The van der Waals surface area contributed by atoms with Crippen molar-refractivity contribution in [3.8, 4) is 11.1 Å². The van der Waals surface area contributed by atoms with Gasteiger partial charge in [0.15, 0.2) is 0 Å². The smallest absolute Gasteiger partial charge is 0.407 e. The maximum absolute atomic E-state index is 13.1. The van der Waals surface area contributed by atoms with Crippen molar-refractivity contribution >= 4 is 23.9 Å². The van der Waals surface area contributed by atoms with E-state index in [1.165, 1.54) is 6.08 Å². The average Bonchev–Trinajstić information content (AvgIpc) is 3.58. The number of ether oxygens (including phenoxy) is 2. The second-order valence-electron chi connectivity index (χ2n) is 10.1. The third kappa shape index (κ3) is 6.63. The van der Waals surface area contributed by atoms with E-state index in [1.54, 1.807) is 18.2 Å². The summed E-state index contributed by atoms with van der Waals surface area (Å²) < 4.78 is 10.9. The van der Waals surface area contributed by atoms with E-state index in [2.05, 4.69) is 10.6 Å². The van der Waals surface area contributed by atoms with E-state index in [1.807, 2.05) is 66.7 Å². The van der Waals surface area contributed by atoms with Crippen LogP contribution in [0.3, 0.4) is 0 Å². The lowest BCUT2D eigenvalue weighted by Crippen LogP contribution is -2.50. The van der Waals surface area contributed by atoms with E-state index in [4.69, 9.17) is 9.47 Å². The van der Waals surface area contributed by atoms with Gasteiger partial charge >= 0.3 is 18.0 Å². The predicted octanol–water partition coefficient (Wildman–Crippen LogP) is 4.17. The summed E-state index contributed by atoms with van der Waals surface area (Å²) in [4.78, 5) is 50.0. The number of aliphatic carboxylic acids is 1. The van der Waals surface area contributed by atoms with Gasteiger partial charge in [0.05, 0.1) is 12.3 Å². The fourth-order valence-electron chi connectivity index (χ4n) is 5.23. The van der Waals surface area contributed by atoms with E-state index in [-0.39, 0.29) is 25.6 Å². The van der Waals surface area contributed by atoms with Crippen LogP contribution in [-0.4, -0.2) is 47.7 Å². The molecule has 2 aliphatic carbocycles. The number of hydrogen-bond donors (Lipinski definition) is 3. The second kappa shape index (κ2) is 12.5. The lowest BCUT2D eigenvalue weighted by molar-refractivity contribution is -0.147. The first-order valence-corrected chi connectivity index (χ1v) is 13.4. The number of carbonyl (C=O) groups is 4. The Morgan fingerprint density at radius 1 is 0.829 bits per heavy atom. The van der Waals surface area contributed by atoms with E-state index >= 15 is 0 Å². The zero-order chi connectivity index (χ0) is 28.8. The Bertz CT molecular complexity index is 1420. The van der Waals surface area contributed by atoms with Crippen LogP contribution >= 0.6 is 0 Å². The van der Waals surface area contributed by atoms with Crippen molar-refractivity contribution in [2.24, 2.45) is 5.92 Å². The van der Waals surface area contributed by atoms with Gasteiger partial charge < -0.3 is 25.2 Å². The van der Waals surface area contributed by atoms with Crippen LogP contribution in [0.5, 0.6) is 0 Å². The maximum Gasteiger partial charge on any atom is 0.407 e. The fraction of sp³-hybridized carbons (Fsp3) is 0.250. The third-order valence-electron chi connectivity index (χ3n) is 7.29. The standard InChI is InChI=1S/C32H30N2O7/c35-29(40-18-20-8-2-1-3-9-20)17-28(30(36)33-22-15-14-21(16-22)31(37)38)34-32(39)41-19-27-25-12-6-4-10-23(25)24-11-5-7-13-26(24)27/h1-15,21-22,27-28H,16-19H2,(H,33,36)(H,34,39)(H,37,38)/t21?,22?,28-/m0/s1. The molecule has 2 unspecified atom stereocenters. The van der Waals surface area contributed by atoms with Gasteiger partial charge in [-0.2, -0.15) is 0 Å². The molecular formula is C32H30N2O7. The molecule has 0 saturated carbocycles. The summed E-state index contributed by atoms with van der Waals surface area (Å²) in [7, 11) is 0. The highest BCUT2D eigenvalue weighted by molar-refractivity contribution is 5.90. The lowest BCUT2D eigenvalue weighted by Gasteiger charge is -2.21. The summed E-state index contributed by atoms with van der Waals surface area (Å²) in [6.45, 7) is 0.0585. The van der Waals surface area contributed by atoms with E-state index < -0.39 is 48.4 Å². The van der Waals surface area contributed by atoms with E-state index in [9.17, 15) is 24.3 Å². The molecule has 2 aliphatic rings. The zero-order valence-electron chi connectivity index (χ0n) is 22.2. The van der Waals surface area contributed by atoms with Gasteiger partial charge in [-0.15, -0.1) is 0 Å². The van der Waals surface area contributed by atoms with Gasteiger partial charge in [-0.3, -0.25) is 14.4 Å². The molecule has 3 aromatic rings. The van der Waals surface area contributed by atoms with Crippen molar-refractivity contribution in [3.63, 3.8) is 0 Å². The van der Waals surface area contributed by atoms with Crippen LogP contribution in [0, 0.1) is 5.92 Å². The Hall–Kier alpha value is -4.92. The molecule has 210 valence electrons. The Balaban J connectivity index is 1.23. The number of carbonyl (C=O) groups excluding carboxylic acids is 3. The van der Waals surface area contributed by atoms with Crippen molar-refractivity contribution in [1.82, 2.24) is 10.6 Å². The molecule has 2 amide bonds. The van der Waals surface area contributed by atoms with E-state index in [0.717, 1.165) is 27.8 Å². The normalized spacial score (nSPS) is 17.7. The number of nitrogens with one attached hydrogen (secondary N) is 2. The van der Waals surface area contributed by atoms with Crippen LogP contribution in [0.4, 0.5) is 4.79 Å². The maximum atomic E-state index is 13.1. The largest absolute Gasteiger partial charge is 0.481 e. The number of esters is 1. The first-order chi connectivity index (χ1) is 19.9. The molecule has 5 rings (SSSR count).